The van der Waals surface area contributed by atoms with E-state index in [2.05, 4.69) is 24.5 Å². The molecule has 21 heavy (non-hydrogen) atoms. The van der Waals surface area contributed by atoms with Gasteiger partial charge in [-0.05, 0) is 42.5 Å². The second-order valence-corrected chi connectivity index (χ2v) is 5.70. The molecule has 1 unspecified atom stereocenters. The molecule has 0 aromatic heterocycles. The van der Waals surface area contributed by atoms with E-state index in [1.807, 2.05) is 19.1 Å². The smallest absolute Gasteiger partial charge is 0.251 e. The van der Waals surface area contributed by atoms with Crippen molar-refractivity contribution in [1.29, 1.82) is 0 Å². The van der Waals surface area contributed by atoms with Crippen molar-refractivity contribution in [2.75, 3.05) is 0 Å². The zero-order chi connectivity index (χ0) is 15.6. The predicted octanol–water partition coefficient (Wildman–Crippen LogP) is 1.65. The Labute approximate surface area is 124 Å². The molecule has 2 N–H and O–H groups in total. The SMILES string of the molecule is Cc1cc(C(=O)NC2CCC(=O)NC2=O)ccc1C(C)C. The van der Waals surface area contributed by atoms with Crippen molar-refractivity contribution in [2.24, 2.45) is 0 Å². The van der Waals surface area contributed by atoms with Gasteiger partial charge in [-0.15, -0.1) is 0 Å². The van der Waals surface area contributed by atoms with E-state index in [1.165, 1.54) is 5.56 Å². The molecule has 2 rings (SSSR count). The van der Waals surface area contributed by atoms with E-state index < -0.39 is 11.9 Å². The van der Waals surface area contributed by atoms with Gasteiger partial charge in [0.25, 0.3) is 5.91 Å². The first-order chi connectivity index (χ1) is 9.88. The number of hydrogen-bond acceptors (Lipinski definition) is 3. The Bertz CT molecular complexity index is 593. The highest BCUT2D eigenvalue weighted by molar-refractivity contribution is 6.03. The van der Waals surface area contributed by atoms with Crippen molar-refractivity contribution in [3.05, 3.63) is 34.9 Å². The molecule has 1 atom stereocenters. The first-order valence-corrected chi connectivity index (χ1v) is 7.13. The van der Waals surface area contributed by atoms with Gasteiger partial charge >= 0.3 is 0 Å². The standard InChI is InChI=1S/C16H20N2O3/c1-9(2)12-5-4-11(8-10(12)3)15(20)17-13-6-7-14(19)18-16(13)21/h4-5,8-9,13H,6-7H2,1-3H3,(H,17,20)(H,18,19,21). The molecule has 1 aliphatic rings. The van der Waals surface area contributed by atoms with Gasteiger partial charge in [0.15, 0.2) is 0 Å². The Hall–Kier alpha value is -2.17. The monoisotopic (exact) mass is 288 g/mol. The number of benzene rings is 1. The van der Waals surface area contributed by atoms with E-state index in [0.29, 0.717) is 17.9 Å². The third-order valence-corrected chi connectivity index (χ3v) is 3.70. The number of carbonyl (C=O) groups excluding carboxylic acids is 3. The Balaban J connectivity index is 2.08. The van der Waals surface area contributed by atoms with Crippen molar-refractivity contribution in [3.8, 4) is 0 Å². The summed E-state index contributed by atoms with van der Waals surface area (Å²) in [5.41, 5.74) is 2.79. The van der Waals surface area contributed by atoms with Crippen LogP contribution in [0, 0.1) is 6.92 Å². The highest BCUT2D eigenvalue weighted by atomic mass is 16.2. The van der Waals surface area contributed by atoms with Crippen LogP contribution in [0.15, 0.2) is 18.2 Å². The van der Waals surface area contributed by atoms with Gasteiger partial charge in [0, 0.05) is 12.0 Å². The molecule has 5 heteroatoms. The number of nitrogens with one attached hydrogen (secondary N) is 2. The molecule has 0 radical (unpaired) electrons. The molecule has 1 aromatic rings. The number of amides is 3. The molecule has 5 nitrogen and oxygen atoms in total. The van der Waals surface area contributed by atoms with Crippen LogP contribution in [0.5, 0.6) is 0 Å². The van der Waals surface area contributed by atoms with E-state index >= 15 is 0 Å². The van der Waals surface area contributed by atoms with Gasteiger partial charge < -0.3 is 5.32 Å². The Morgan fingerprint density at radius 1 is 1.33 bits per heavy atom. The third kappa shape index (κ3) is 3.48. The van der Waals surface area contributed by atoms with E-state index in [0.717, 1.165) is 5.56 Å². The quantitative estimate of drug-likeness (QED) is 0.830. The first-order valence-electron chi connectivity index (χ1n) is 7.13. The van der Waals surface area contributed by atoms with Crippen molar-refractivity contribution in [3.63, 3.8) is 0 Å². The minimum absolute atomic E-state index is 0.252. The summed E-state index contributed by atoms with van der Waals surface area (Å²) in [5.74, 6) is -0.613. The number of imide groups is 1. The van der Waals surface area contributed by atoms with Crippen LogP contribution < -0.4 is 10.6 Å². The van der Waals surface area contributed by atoms with E-state index in [4.69, 9.17) is 0 Å². The van der Waals surface area contributed by atoms with Crippen LogP contribution in [0.3, 0.4) is 0 Å². The van der Waals surface area contributed by atoms with Crippen LogP contribution >= 0.6 is 0 Å². The molecular formula is C16H20N2O3. The minimum Gasteiger partial charge on any atom is -0.340 e. The molecule has 0 saturated carbocycles. The topological polar surface area (TPSA) is 75.3 Å². The number of carbonyl (C=O) groups is 3. The van der Waals surface area contributed by atoms with Crippen LogP contribution in [0.1, 0.15) is 54.1 Å². The van der Waals surface area contributed by atoms with Crippen molar-refractivity contribution in [1.82, 2.24) is 10.6 Å². The second-order valence-electron chi connectivity index (χ2n) is 5.70. The van der Waals surface area contributed by atoms with Gasteiger partial charge in [0.2, 0.25) is 11.8 Å². The van der Waals surface area contributed by atoms with Gasteiger partial charge in [0.1, 0.15) is 6.04 Å². The van der Waals surface area contributed by atoms with Gasteiger partial charge in [0.05, 0.1) is 0 Å². The predicted molar refractivity (Wildman–Crippen MR) is 78.9 cm³/mol. The number of hydrogen-bond donors (Lipinski definition) is 2. The van der Waals surface area contributed by atoms with Crippen molar-refractivity contribution in [2.45, 2.75) is 45.6 Å². The molecular weight excluding hydrogens is 268 g/mol. The van der Waals surface area contributed by atoms with Gasteiger partial charge in [-0.3, -0.25) is 19.7 Å². The number of piperidine rings is 1. The van der Waals surface area contributed by atoms with Crippen LogP contribution in [0.25, 0.3) is 0 Å². The normalized spacial score (nSPS) is 18.6. The lowest BCUT2D eigenvalue weighted by molar-refractivity contribution is -0.134. The van der Waals surface area contributed by atoms with Crippen molar-refractivity contribution >= 4 is 17.7 Å². The molecule has 0 aliphatic carbocycles. The molecule has 1 aliphatic heterocycles. The van der Waals surface area contributed by atoms with Crippen LogP contribution in [-0.4, -0.2) is 23.8 Å². The molecule has 0 bridgehead atoms. The fraction of sp³-hybridized carbons (Fsp3) is 0.438. The van der Waals surface area contributed by atoms with E-state index in [1.54, 1.807) is 6.07 Å². The fourth-order valence-corrected chi connectivity index (χ4v) is 2.54. The Morgan fingerprint density at radius 2 is 2.05 bits per heavy atom. The fourth-order valence-electron chi connectivity index (χ4n) is 2.54. The maximum Gasteiger partial charge on any atom is 0.251 e. The summed E-state index contributed by atoms with van der Waals surface area (Å²) in [6.07, 6.45) is 0.599. The van der Waals surface area contributed by atoms with E-state index in [-0.39, 0.29) is 18.2 Å². The summed E-state index contributed by atoms with van der Waals surface area (Å²) < 4.78 is 0. The Kier molecular flexibility index (Phi) is 4.40. The molecule has 1 heterocycles. The summed E-state index contributed by atoms with van der Waals surface area (Å²) in [4.78, 5) is 34.9. The molecule has 112 valence electrons. The number of rotatable bonds is 3. The van der Waals surface area contributed by atoms with Crippen molar-refractivity contribution < 1.29 is 14.4 Å². The minimum atomic E-state index is -0.639. The highest BCUT2D eigenvalue weighted by Crippen LogP contribution is 2.20. The van der Waals surface area contributed by atoms with E-state index in [9.17, 15) is 14.4 Å². The first kappa shape index (κ1) is 15.2. The lowest BCUT2D eigenvalue weighted by Crippen LogP contribution is -2.52. The van der Waals surface area contributed by atoms with Gasteiger partial charge in [-0.2, -0.15) is 0 Å². The van der Waals surface area contributed by atoms with Crippen LogP contribution in [0.4, 0.5) is 0 Å². The zero-order valence-electron chi connectivity index (χ0n) is 12.5. The Morgan fingerprint density at radius 3 is 2.62 bits per heavy atom. The van der Waals surface area contributed by atoms with Crippen LogP contribution in [-0.2, 0) is 9.59 Å². The summed E-state index contributed by atoms with van der Waals surface area (Å²) in [6, 6.07) is 4.90. The third-order valence-electron chi connectivity index (χ3n) is 3.70. The van der Waals surface area contributed by atoms with Gasteiger partial charge in [-0.1, -0.05) is 19.9 Å². The van der Waals surface area contributed by atoms with Crippen LogP contribution in [0.2, 0.25) is 0 Å². The summed E-state index contributed by atoms with van der Waals surface area (Å²) in [5, 5.41) is 4.91. The maximum absolute atomic E-state index is 12.2. The zero-order valence-corrected chi connectivity index (χ0v) is 12.5. The molecule has 1 saturated heterocycles. The molecule has 0 spiro atoms. The lowest BCUT2D eigenvalue weighted by Gasteiger charge is -2.22. The average Bonchev–Trinajstić information content (AvgIpc) is 2.41. The largest absolute Gasteiger partial charge is 0.340 e. The maximum atomic E-state index is 12.2. The second kappa shape index (κ2) is 6.08. The van der Waals surface area contributed by atoms with Gasteiger partial charge in [-0.25, -0.2) is 0 Å². The summed E-state index contributed by atoms with van der Waals surface area (Å²) >= 11 is 0. The molecule has 1 fully saturated rings. The summed E-state index contributed by atoms with van der Waals surface area (Å²) in [7, 11) is 0. The summed E-state index contributed by atoms with van der Waals surface area (Å²) in [6.45, 7) is 6.18. The average molecular weight is 288 g/mol. The highest BCUT2D eigenvalue weighted by Gasteiger charge is 2.28. The molecule has 3 amide bonds. The lowest BCUT2D eigenvalue weighted by atomic mass is 9.96. The number of aryl methyl sites for hydroxylation is 1. The molecule has 1 aromatic carbocycles.